The summed E-state index contributed by atoms with van der Waals surface area (Å²) in [5.41, 5.74) is 10.5. The molecule has 0 unspecified atom stereocenters. The Morgan fingerprint density at radius 2 is 1.74 bits per heavy atom. The van der Waals surface area contributed by atoms with Gasteiger partial charge in [0, 0.05) is 41.9 Å². The highest BCUT2D eigenvalue weighted by atomic mass is 16.2. The molecule has 2 amide bonds. The van der Waals surface area contributed by atoms with Crippen molar-refractivity contribution >= 4 is 35.1 Å². The Labute approximate surface area is 183 Å². The van der Waals surface area contributed by atoms with Crippen molar-refractivity contribution < 1.29 is 9.59 Å². The Kier molecular flexibility index (Phi) is 7.23. The van der Waals surface area contributed by atoms with Crippen molar-refractivity contribution in [2.24, 2.45) is 10.7 Å². The molecule has 1 heterocycles. The van der Waals surface area contributed by atoms with Gasteiger partial charge in [-0.2, -0.15) is 0 Å². The Bertz CT molecular complexity index is 1020. The van der Waals surface area contributed by atoms with E-state index in [0.717, 1.165) is 29.7 Å². The number of nitrogens with one attached hydrogen (secondary N) is 1. The van der Waals surface area contributed by atoms with E-state index in [1.54, 1.807) is 12.1 Å². The number of nitrogens with zero attached hydrogens (tertiary/aromatic N) is 2. The van der Waals surface area contributed by atoms with Crippen LogP contribution in [0.2, 0.25) is 0 Å². The quantitative estimate of drug-likeness (QED) is 0.685. The number of amides is 2. The van der Waals surface area contributed by atoms with Gasteiger partial charge in [-0.1, -0.05) is 37.6 Å². The molecule has 1 aliphatic rings. The van der Waals surface area contributed by atoms with Crippen LogP contribution in [0.5, 0.6) is 0 Å². The lowest BCUT2D eigenvalue weighted by molar-refractivity contribution is -0.127. The van der Waals surface area contributed by atoms with Crippen LogP contribution in [-0.4, -0.2) is 35.6 Å². The lowest BCUT2D eigenvalue weighted by Crippen LogP contribution is -2.34. The van der Waals surface area contributed by atoms with Gasteiger partial charge < -0.3 is 16.0 Å². The predicted octanol–water partition coefficient (Wildman–Crippen LogP) is 4.67. The van der Waals surface area contributed by atoms with Crippen LogP contribution in [0.3, 0.4) is 0 Å². The van der Waals surface area contributed by atoms with Gasteiger partial charge >= 0.3 is 0 Å². The minimum Gasteiger partial charge on any atom is -0.387 e. The van der Waals surface area contributed by atoms with Crippen molar-refractivity contribution in [3.05, 3.63) is 64.7 Å². The molecular formula is C25H30N4O2. The molecule has 3 rings (SSSR count). The number of amidine groups is 1. The maximum atomic E-state index is 13.1. The number of benzene rings is 2. The number of hydrogen-bond acceptors (Lipinski definition) is 4. The first-order chi connectivity index (χ1) is 14.9. The molecule has 2 aromatic rings. The fourth-order valence-corrected chi connectivity index (χ4v) is 3.57. The standard InChI is InChI=1S/C25H30N4O2/c1-4-12-29(13-5-2)25(31)20-14-18-8-9-19(15-22(18)28-23(26)16-20)24(30)27-21-10-6-17(3)7-11-21/h6-11,14-15H,4-5,12-13,16H2,1-3H3,(H2,26,28)(H,27,30). The number of anilines is 1. The molecular weight excluding hydrogens is 388 g/mol. The maximum absolute atomic E-state index is 13.1. The molecule has 0 radical (unpaired) electrons. The lowest BCUT2D eigenvalue weighted by atomic mass is 10.0. The lowest BCUT2D eigenvalue weighted by Gasteiger charge is -2.22. The Hall–Kier alpha value is -3.41. The summed E-state index contributed by atoms with van der Waals surface area (Å²) in [6, 6.07) is 12.9. The summed E-state index contributed by atoms with van der Waals surface area (Å²) in [5, 5.41) is 2.89. The second kappa shape index (κ2) is 10.1. The minimum absolute atomic E-state index is 0.00380. The normalized spacial score (nSPS) is 12.9. The third-order valence-corrected chi connectivity index (χ3v) is 5.12. The van der Waals surface area contributed by atoms with E-state index in [9.17, 15) is 9.59 Å². The van der Waals surface area contributed by atoms with E-state index < -0.39 is 0 Å². The van der Waals surface area contributed by atoms with Gasteiger partial charge in [0.05, 0.1) is 5.69 Å². The van der Waals surface area contributed by atoms with Gasteiger partial charge in [-0.25, -0.2) is 4.99 Å². The highest BCUT2D eigenvalue weighted by molar-refractivity contribution is 6.07. The van der Waals surface area contributed by atoms with Crippen molar-refractivity contribution in [2.75, 3.05) is 18.4 Å². The fourth-order valence-electron chi connectivity index (χ4n) is 3.57. The van der Waals surface area contributed by atoms with E-state index in [4.69, 9.17) is 5.73 Å². The molecule has 0 spiro atoms. The molecule has 6 heteroatoms. The summed E-state index contributed by atoms with van der Waals surface area (Å²) in [6.45, 7) is 7.55. The third kappa shape index (κ3) is 5.60. The molecule has 0 atom stereocenters. The van der Waals surface area contributed by atoms with Crippen LogP contribution in [0.15, 0.2) is 53.0 Å². The summed E-state index contributed by atoms with van der Waals surface area (Å²) in [6.07, 6.45) is 3.95. The van der Waals surface area contributed by atoms with Crippen LogP contribution in [0.1, 0.15) is 54.6 Å². The minimum atomic E-state index is -0.220. The number of aliphatic imine (C=N–C) groups is 1. The van der Waals surface area contributed by atoms with Gasteiger partial charge in [-0.3, -0.25) is 9.59 Å². The van der Waals surface area contributed by atoms with Crippen molar-refractivity contribution in [1.82, 2.24) is 4.90 Å². The number of aryl methyl sites for hydroxylation is 1. The first kappa shape index (κ1) is 22.3. The van der Waals surface area contributed by atoms with Crippen molar-refractivity contribution in [3.63, 3.8) is 0 Å². The average Bonchev–Trinajstić information content (AvgIpc) is 2.92. The second-order valence-electron chi connectivity index (χ2n) is 7.84. The number of rotatable bonds is 7. The van der Waals surface area contributed by atoms with E-state index in [1.807, 2.05) is 48.2 Å². The molecule has 31 heavy (non-hydrogen) atoms. The van der Waals surface area contributed by atoms with Crippen LogP contribution in [0.4, 0.5) is 11.4 Å². The Balaban J connectivity index is 1.86. The topological polar surface area (TPSA) is 87.8 Å². The van der Waals surface area contributed by atoms with Crippen molar-refractivity contribution in [3.8, 4) is 0 Å². The zero-order valence-electron chi connectivity index (χ0n) is 18.4. The van der Waals surface area contributed by atoms with E-state index >= 15 is 0 Å². The number of carbonyl (C=O) groups excluding carboxylic acids is 2. The van der Waals surface area contributed by atoms with E-state index in [2.05, 4.69) is 24.2 Å². The molecule has 0 bridgehead atoms. The molecule has 0 saturated heterocycles. The maximum Gasteiger partial charge on any atom is 0.255 e. The summed E-state index contributed by atoms with van der Waals surface area (Å²) in [5.74, 6) is 0.139. The number of nitrogens with two attached hydrogens (primary N) is 1. The van der Waals surface area contributed by atoms with Gasteiger partial charge in [-0.15, -0.1) is 0 Å². The third-order valence-electron chi connectivity index (χ3n) is 5.12. The Morgan fingerprint density at radius 1 is 1.06 bits per heavy atom. The van der Waals surface area contributed by atoms with Crippen LogP contribution < -0.4 is 11.1 Å². The number of hydrogen-bond donors (Lipinski definition) is 2. The van der Waals surface area contributed by atoms with Gasteiger partial charge in [0.1, 0.15) is 5.84 Å². The van der Waals surface area contributed by atoms with Gasteiger partial charge in [0.15, 0.2) is 0 Å². The predicted molar refractivity (Wildman–Crippen MR) is 127 cm³/mol. The van der Waals surface area contributed by atoms with Gasteiger partial charge in [0.2, 0.25) is 5.91 Å². The average molecular weight is 419 g/mol. The van der Waals surface area contributed by atoms with E-state index in [1.165, 1.54) is 0 Å². The summed E-state index contributed by atoms with van der Waals surface area (Å²) in [7, 11) is 0. The summed E-state index contributed by atoms with van der Waals surface area (Å²) in [4.78, 5) is 32.1. The molecule has 1 aliphatic heterocycles. The molecule has 2 aromatic carbocycles. The highest BCUT2D eigenvalue weighted by Gasteiger charge is 2.21. The summed E-state index contributed by atoms with van der Waals surface area (Å²) >= 11 is 0. The molecule has 0 aliphatic carbocycles. The fraction of sp³-hybridized carbons (Fsp3) is 0.320. The van der Waals surface area contributed by atoms with Crippen LogP contribution in [0.25, 0.3) is 6.08 Å². The molecule has 0 aromatic heterocycles. The molecule has 0 fully saturated rings. The van der Waals surface area contributed by atoms with E-state index in [0.29, 0.717) is 42.2 Å². The monoisotopic (exact) mass is 418 g/mol. The molecule has 0 saturated carbocycles. The zero-order chi connectivity index (χ0) is 22.4. The second-order valence-corrected chi connectivity index (χ2v) is 7.84. The Morgan fingerprint density at radius 3 is 2.39 bits per heavy atom. The van der Waals surface area contributed by atoms with Crippen LogP contribution in [0, 0.1) is 6.92 Å². The largest absolute Gasteiger partial charge is 0.387 e. The van der Waals surface area contributed by atoms with Gasteiger partial charge in [0.25, 0.3) is 5.91 Å². The molecule has 162 valence electrons. The summed E-state index contributed by atoms with van der Waals surface area (Å²) < 4.78 is 0. The smallest absolute Gasteiger partial charge is 0.255 e. The first-order valence-corrected chi connectivity index (χ1v) is 10.8. The van der Waals surface area contributed by atoms with Crippen molar-refractivity contribution in [1.29, 1.82) is 0 Å². The van der Waals surface area contributed by atoms with Crippen LogP contribution >= 0.6 is 0 Å². The van der Waals surface area contributed by atoms with Gasteiger partial charge in [-0.05, 0) is 50.1 Å². The van der Waals surface area contributed by atoms with Crippen molar-refractivity contribution in [2.45, 2.75) is 40.0 Å². The highest BCUT2D eigenvalue weighted by Crippen LogP contribution is 2.29. The van der Waals surface area contributed by atoms with E-state index in [-0.39, 0.29) is 11.8 Å². The van der Waals surface area contributed by atoms with Crippen LogP contribution in [-0.2, 0) is 4.79 Å². The molecule has 6 nitrogen and oxygen atoms in total. The zero-order valence-corrected chi connectivity index (χ0v) is 18.4. The first-order valence-electron chi connectivity index (χ1n) is 10.8. The number of fused-ring (bicyclic) bond motifs is 1. The number of carbonyl (C=O) groups is 2. The molecule has 3 N–H and O–H groups in total. The SMILES string of the molecule is CCCN(CCC)C(=O)C1=Cc2ccc(C(=O)Nc3ccc(C)cc3)cc2N=C(N)C1.